The molecular formula is C20H24Br2N2O. The van der Waals surface area contributed by atoms with Crippen molar-refractivity contribution < 1.29 is 4.74 Å². The van der Waals surface area contributed by atoms with Crippen LogP contribution in [-0.2, 0) is 13.2 Å². The molecule has 3 rings (SSSR count). The van der Waals surface area contributed by atoms with E-state index >= 15 is 0 Å². The van der Waals surface area contributed by atoms with Gasteiger partial charge < -0.3 is 15.4 Å². The Balaban J connectivity index is 1.54. The molecule has 0 bridgehead atoms. The van der Waals surface area contributed by atoms with Crippen molar-refractivity contribution in [3.05, 3.63) is 62.5 Å². The van der Waals surface area contributed by atoms with Crippen LogP contribution in [0.2, 0.25) is 0 Å². The highest BCUT2D eigenvalue weighted by atomic mass is 79.9. The van der Waals surface area contributed by atoms with E-state index in [0.717, 1.165) is 52.4 Å². The Morgan fingerprint density at radius 1 is 1.00 bits per heavy atom. The SMILES string of the molecule is Brc1cc(CNCC2CCNCC2)cc(Br)c1OCc1ccccc1. The summed E-state index contributed by atoms with van der Waals surface area (Å²) in [5.74, 6) is 1.65. The van der Waals surface area contributed by atoms with Crippen molar-refractivity contribution in [2.75, 3.05) is 19.6 Å². The van der Waals surface area contributed by atoms with Gasteiger partial charge in [0.25, 0.3) is 0 Å². The van der Waals surface area contributed by atoms with Gasteiger partial charge in [0.1, 0.15) is 12.4 Å². The Bertz CT molecular complexity index is 650. The summed E-state index contributed by atoms with van der Waals surface area (Å²) in [5.41, 5.74) is 2.41. The first-order chi connectivity index (χ1) is 12.2. The molecule has 0 aliphatic carbocycles. The molecule has 3 nitrogen and oxygen atoms in total. The average Bonchev–Trinajstić information content (AvgIpc) is 2.63. The summed E-state index contributed by atoms with van der Waals surface area (Å²) in [6.07, 6.45) is 2.54. The molecular weight excluding hydrogens is 444 g/mol. The molecule has 0 radical (unpaired) electrons. The number of benzene rings is 2. The molecule has 2 aromatic carbocycles. The second kappa shape index (κ2) is 9.72. The molecule has 0 amide bonds. The quantitative estimate of drug-likeness (QED) is 0.608. The predicted molar refractivity (Wildman–Crippen MR) is 110 cm³/mol. The van der Waals surface area contributed by atoms with Gasteiger partial charge in [0.2, 0.25) is 0 Å². The van der Waals surface area contributed by atoms with Crippen LogP contribution in [0.15, 0.2) is 51.4 Å². The zero-order valence-electron chi connectivity index (χ0n) is 14.2. The predicted octanol–water partition coefficient (Wildman–Crippen LogP) is 4.88. The van der Waals surface area contributed by atoms with Crippen molar-refractivity contribution in [2.24, 2.45) is 5.92 Å². The van der Waals surface area contributed by atoms with Gasteiger partial charge in [-0.2, -0.15) is 0 Å². The zero-order chi connectivity index (χ0) is 17.5. The third-order valence-corrected chi connectivity index (χ3v) is 5.68. The second-order valence-electron chi connectivity index (χ2n) is 6.49. The van der Waals surface area contributed by atoms with E-state index in [-0.39, 0.29) is 0 Å². The molecule has 2 N–H and O–H groups in total. The summed E-state index contributed by atoms with van der Waals surface area (Å²) >= 11 is 7.30. The van der Waals surface area contributed by atoms with Crippen LogP contribution < -0.4 is 15.4 Å². The molecule has 0 unspecified atom stereocenters. The van der Waals surface area contributed by atoms with Gasteiger partial charge in [-0.1, -0.05) is 30.3 Å². The molecule has 0 aromatic heterocycles. The average molecular weight is 468 g/mol. The number of hydrogen-bond donors (Lipinski definition) is 2. The van der Waals surface area contributed by atoms with E-state index in [1.165, 1.54) is 18.4 Å². The fourth-order valence-corrected chi connectivity index (χ4v) is 4.60. The van der Waals surface area contributed by atoms with Crippen LogP contribution in [0.3, 0.4) is 0 Å². The number of hydrogen-bond acceptors (Lipinski definition) is 3. The third kappa shape index (κ3) is 5.81. The first kappa shape index (κ1) is 18.9. The first-order valence-electron chi connectivity index (χ1n) is 8.78. The minimum atomic E-state index is 0.561. The van der Waals surface area contributed by atoms with E-state index in [1.807, 2.05) is 18.2 Å². The number of nitrogens with one attached hydrogen (secondary N) is 2. The maximum Gasteiger partial charge on any atom is 0.148 e. The van der Waals surface area contributed by atoms with Crippen LogP contribution in [0.1, 0.15) is 24.0 Å². The minimum absolute atomic E-state index is 0.561. The van der Waals surface area contributed by atoms with E-state index in [2.05, 4.69) is 66.8 Å². The molecule has 1 aliphatic rings. The van der Waals surface area contributed by atoms with Crippen LogP contribution in [0.25, 0.3) is 0 Å². The molecule has 1 saturated heterocycles. The van der Waals surface area contributed by atoms with Gasteiger partial charge >= 0.3 is 0 Å². The van der Waals surface area contributed by atoms with Gasteiger partial charge in [-0.3, -0.25) is 0 Å². The van der Waals surface area contributed by atoms with Crippen molar-refractivity contribution in [1.82, 2.24) is 10.6 Å². The fourth-order valence-electron chi connectivity index (χ4n) is 3.09. The number of ether oxygens (including phenoxy) is 1. The van der Waals surface area contributed by atoms with Crippen LogP contribution in [-0.4, -0.2) is 19.6 Å². The van der Waals surface area contributed by atoms with Gasteiger partial charge in [0.15, 0.2) is 0 Å². The lowest BCUT2D eigenvalue weighted by atomic mass is 9.98. The molecule has 2 aromatic rings. The lowest BCUT2D eigenvalue weighted by Crippen LogP contribution is -2.33. The van der Waals surface area contributed by atoms with Crippen LogP contribution >= 0.6 is 31.9 Å². The van der Waals surface area contributed by atoms with Gasteiger partial charge in [-0.15, -0.1) is 0 Å². The van der Waals surface area contributed by atoms with Crippen molar-refractivity contribution >= 4 is 31.9 Å². The van der Waals surface area contributed by atoms with Gasteiger partial charge in [-0.05, 0) is 93.5 Å². The molecule has 1 aliphatic heterocycles. The van der Waals surface area contributed by atoms with Crippen LogP contribution in [0, 0.1) is 5.92 Å². The summed E-state index contributed by atoms with van der Waals surface area (Å²) in [7, 11) is 0. The van der Waals surface area contributed by atoms with Crippen molar-refractivity contribution in [3.8, 4) is 5.75 Å². The lowest BCUT2D eigenvalue weighted by molar-refractivity contribution is 0.302. The van der Waals surface area contributed by atoms with Crippen molar-refractivity contribution in [1.29, 1.82) is 0 Å². The molecule has 1 fully saturated rings. The molecule has 25 heavy (non-hydrogen) atoms. The normalized spacial score (nSPS) is 15.3. The van der Waals surface area contributed by atoms with E-state index in [1.54, 1.807) is 0 Å². The Kier molecular flexibility index (Phi) is 7.35. The second-order valence-corrected chi connectivity index (χ2v) is 8.20. The zero-order valence-corrected chi connectivity index (χ0v) is 17.4. The van der Waals surface area contributed by atoms with Crippen molar-refractivity contribution in [2.45, 2.75) is 26.0 Å². The summed E-state index contributed by atoms with van der Waals surface area (Å²) in [6, 6.07) is 14.5. The summed E-state index contributed by atoms with van der Waals surface area (Å²) in [4.78, 5) is 0. The maximum absolute atomic E-state index is 5.99. The number of piperidine rings is 1. The Hall–Kier alpha value is -0.880. The largest absolute Gasteiger partial charge is 0.487 e. The molecule has 1 heterocycles. The Morgan fingerprint density at radius 2 is 1.68 bits per heavy atom. The third-order valence-electron chi connectivity index (χ3n) is 4.50. The van der Waals surface area contributed by atoms with E-state index < -0.39 is 0 Å². The Morgan fingerprint density at radius 3 is 2.36 bits per heavy atom. The summed E-state index contributed by atoms with van der Waals surface area (Å²) in [5, 5.41) is 7.01. The van der Waals surface area contributed by atoms with Crippen molar-refractivity contribution in [3.63, 3.8) is 0 Å². The smallest absolute Gasteiger partial charge is 0.148 e. The van der Waals surface area contributed by atoms with Gasteiger partial charge in [-0.25, -0.2) is 0 Å². The minimum Gasteiger partial charge on any atom is -0.487 e. The van der Waals surface area contributed by atoms with E-state index in [9.17, 15) is 0 Å². The first-order valence-corrected chi connectivity index (χ1v) is 10.4. The van der Waals surface area contributed by atoms with Crippen LogP contribution in [0.4, 0.5) is 0 Å². The van der Waals surface area contributed by atoms with Gasteiger partial charge in [0.05, 0.1) is 8.95 Å². The molecule has 0 saturated carbocycles. The summed E-state index contributed by atoms with van der Waals surface area (Å²) < 4.78 is 7.95. The highest BCUT2D eigenvalue weighted by Gasteiger charge is 2.13. The molecule has 134 valence electrons. The van der Waals surface area contributed by atoms with Crippen LogP contribution in [0.5, 0.6) is 5.75 Å². The number of halogens is 2. The molecule has 0 atom stereocenters. The Labute approximate surface area is 166 Å². The maximum atomic E-state index is 5.99. The highest BCUT2D eigenvalue weighted by Crippen LogP contribution is 2.35. The topological polar surface area (TPSA) is 33.3 Å². The fraction of sp³-hybridized carbons (Fsp3) is 0.400. The molecule has 5 heteroatoms. The number of rotatable bonds is 7. The monoisotopic (exact) mass is 466 g/mol. The highest BCUT2D eigenvalue weighted by molar-refractivity contribution is 9.11. The van der Waals surface area contributed by atoms with Gasteiger partial charge in [0, 0.05) is 6.54 Å². The molecule has 0 spiro atoms. The lowest BCUT2D eigenvalue weighted by Gasteiger charge is -2.23. The standard InChI is InChI=1S/C20H24Br2N2O/c21-18-10-17(13-24-12-15-6-8-23-9-7-15)11-19(22)20(18)25-14-16-4-2-1-3-5-16/h1-5,10-11,15,23-24H,6-9,12-14H2. The van der Waals surface area contributed by atoms with E-state index in [0.29, 0.717) is 6.61 Å². The van der Waals surface area contributed by atoms with E-state index in [4.69, 9.17) is 4.74 Å². The summed E-state index contributed by atoms with van der Waals surface area (Å²) in [6.45, 7) is 4.82.